The molecule has 1 fully saturated rings. The first kappa shape index (κ1) is 18.8. The Bertz CT molecular complexity index is 1040. The minimum absolute atomic E-state index is 0.0832. The van der Waals surface area contributed by atoms with Gasteiger partial charge in [-0.25, -0.2) is 4.52 Å². The van der Waals surface area contributed by atoms with E-state index in [9.17, 15) is 4.79 Å². The van der Waals surface area contributed by atoms with Gasteiger partial charge >= 0.3 is 0 Å². The topological polar surface area (TPSA) is 66.6 Å². The maximum Gasteiger partial charge on any atom is 0.276 e. The minimum atomic E-state index is -0.0832. The Morgan fingerprint density at radius 3 is 2.57 bits per heavy atom. The van der Waals surface area contributed by atoms with Gasteiger partial charge in [0.15, 0.2) is 11.3 Å². The number of aromatic nitrogens is 4. The molecule has 0 radical (unpaired) electrons. The summed E-state index contributed by atoms with van der Waals surface area (Å²) in [5, 5.41) is 13.9. The van der Waals surface area contributed by atoms with Crippen molar-refractivity contribution in [1.82, 2.24) is 29.6 Å². The minimum Gasteiger partial charge on any atom is -0.335 e. The predicted molar refractivity (Wildman–Crippen MR) is 109 cm³/mol. The molecule has 1 aliphatic heterocycles. The van der Waals surface area contributed by atoms with Crippen molar-refractivity contribution < 1.29 is 4.79 Å². The van der Waals surface area contributed by atoms with E-state index in [0.29, 0.717) is 35.1 Å². The largest absolute Gasteiger partial charge is 0.335 e. The molecule has 0 N–H and O–H groups in total. The molecule has 0 saturated carbocycles. The lowest BCUT2D eigenvalue weighted by Gasteiger charge is -2.33. The first-order valence-electron chi connectivity index (χ1n) is 9.49. The first-order valence-corrected chi connectivity index (χ1v) is 9.87. The van der Waals surface area contributed by atoms with Crippen molar-refractivity contribution >= 4 is 23.2 Å². The number of halogens is 1. The second-order valence-corrected chi connectivity index (χ2v) is 7.50. The Balaban J connectivity index is 1.71. The number of amides is 1. The van der Waals surface area contributed by atoms with E-state index in [1.54, 1.807) is 4.52 Å². The van der Waals surface area contributed by atoms with Gasteiger partial charge in [-0.2, -0.15) is 5.10 Å². The Kier molecular flexibility index (Phi) is 5.03. The van der Waals surface area contributed by atoms with Gasteiger partial charge in [0.05, 0.1) is 17.0 Å². The van der Waals surface area contributed by atoms with Gasteiger partial charge in [-0.1, -0.05) is 30.7 Å². The number of hydrogen-bond acceptors (Lipinski definition) is 5. The predicted octanol–water partition coefficient (Wildman–Crippen LogP) is 2.84. The Morgan fingerprint density at radius 2 is 1.89 bits per heavy atom. The fraction of sp³-hybridized carbons (Fsp3) is 0.400. The molecule has 8 heteroatoms. The summed E-state index contributed by atoms with van der Waals surface area (Å²) in [5.74, 6) is -0.0832. The van der Waals surface area contributed by atoms with Crippen LogP contribution in [0.4, 0.5) is 0 Å². The SMILES string of the molecule is CCN1CCN(C(=O)c2nnc3c(-c4cccc(Cl)c4)c(C)nn3c2C)CC1. The average molecular weight is 399 g/mol. The summed E-state index contributed by atoms with van der Waals surface area (Å²) in [6.07, 6.45) is 0. The summed E-state index contributed by atoms with van der Waals surface area (Å²) in [7, 11) is 0. The zero-order valence-electron chi connectivity index (χ0n) is 16.3. The first-order chi connectivity index (χ1) is 13.5. The second-order valence-electron chi connectivity index (χ2n) is 7.07. The van der Waals surface area contributed by atoms with E-state index in [1.165, 1.54) is 0 Å². The van der Waals surface area contributed by atoms with Crippen molar-refractivity contribution in [2.24, 2.45) is 0 Å². The van der Waals surface area contributed by atoms with Crippen molar-refractivity contribution in [2.45, 2.75) is 20.8 Å². The Hall–Kier alpha value is -2.51. The van der Waals surface area contributed by atoms with E-state index in [1.807, 2.05) is 43.0 Å². The Morgan fingerprint density at radius 1 is 1.14 bits per heavy atom. The van der Waals surface area contributed by atoms with E-state index >= 15 is 0 Å². The van der Waals surface area contributed by atoms with Crippen molar-refractivity contribution in [3.05, 3.63) is 46.4 Å². The molecule has 146 valence electrons. The molecule has 4 rings (SSSR count). The highest BCUT2D eigenvalue weighted by atomic mass is 35.5. The van der Waals surface area contributed by atoms with Crippen LogP contribution in [0.2, 0.25) is 5.02 Å². The van der Waals surface area contributed by atoms with Gasteiger partial charge < -0.3 is 9.80 Å². The lowest BCUT2D eigenvalue weighted by Crippen LogP contribution is -2.48. The standard InChI is InChI=1S/C20H23ClN6O/c1-4-25-8-10-26(11-9-25)20(28)18-14(3)27-19(23-22-18)17(13(2)24-27)15-6-5-7-16(21)12-15/h5-7,12H,4,8-11H2,1-3H3. The number of piperazine rings is 1. The molecule has 0 spiro atoms. The third-order valence-corrected chi connectivity index (χ3v) is 5.60. The highest BCUT2D eigenvalue weighted by Crippen LogP contribution is 2.29. The molecule has 0 unspecified atom stereocenters. The van der Waals surface area contributed by atoms with Gasteiger partial charge in [-0.3, -0.25) is 4.79 Å². The number of nitrogens with zero attached hydrogens (tertiary/aromatic N) is 6. The molecule has 0 bridgehead atoms. The van der Waals surface area contributed by atoms with Crippen molar-refractivity contribution in [1.29, 1.82) is 0 Å². The van der Waals surface area contributed by atoms with Crippen molar-refractivity contribution in [3.63, 3.8) is 0 Å². The van der Waals surface area contributed by atoms with Crippen LogP contribution in [-0.4, -0.2) is 68.2 Å². The maximum atomic E-state index is 13.0. The van der Waals surface area contributed by atoms with Crippen LogP contribution in [-0.2, 0) is 0 Å². The molecule has 0 aliphatic carbocycles. The van der Waals surface area contributed by atoms with Crippen LogP contribution >= 0.6 is 11.6 Å². The second kappa shape index (κ2) is 7.48. The normalized spacial score (nSPS) is 15.4. The molecule has 3 aromatic rings. The van der Waals surface area contributed by atoms with E-state index < -0.39 is 0 Å². The third-order valence-electron chi connectivity index (χ3n) is 5.36. The van der Waals surface area contributed by atoms with Gasteiger partial charge in [0.2, 0.25) is 0 Å². The van der Waals surface area contributed by atoms with Crippen LogP contribution in [0.15, 0.2) is 24.3 Å². The smallest absolute Gasteiger partial charge is 0.276 e. The molecule has 3 heterocycles. The Labute approximate surface area is 168 Å². The number of fused-ring (bicyclic) bond motifs is 1. The van der Waals surface area contributed by atoms with Gasteiger partial charge in [0.1, 0.15) is 0 Å². The van der Waals surface area contributed by atoms with E-state index in [2.05, 4.69) is 27.1 Å². The fourth-order valence-electron chi connectivity index (χ4n) is 3.71. The fourth-order valence-corrected chi connectivity index (χ4v) is 3.90. The molecule has 1 aliphatic rings. The van der Waals surface area contributed by atoms with Gasteiger partial charge in [0.25, 0.3) is 5.91 Å². The highest BCUT2D eigenvalue weighted by molar-refractivity contribution is 6.30. The third kappa shape index (κ3) is 3.25. The van der Waals surface area contributed by atoms with Gasteiger partial charge in [-0.05, 0) is 38.1 Å². The number of rotatable bonds is 3. The number of hydrogen-bond donors (Lipinski definition) is 0. The molecule has 1 amide bonds. The lowest BCUT2D eigenvalue weighted by molar-refractivity contribution is 0.0634. The lowest BCUT2D eigenvalue weighted by atomic mass is 10.1. The summed E-state index contributed by atoms with van der Waals surface area (Å²) >= 11 is 6.15. The molecular formula is C20H23ClN6O. The summed E-state index contributed by atoms with van der Waals surface area (Å²) < 4.78 is 1.72. The monoisotopic (exact) mass is 398 g/mol. The van der Waals surface area contributed by atoms with E-state index in [4.69, 9.17) is 11.6 Å². The highest BCUT2D eigenvalue weighted by Gasteiger charge is 2.26. The summed E-state index contributed by atoms with van der Waals surface area (Å²) in [4.78, 5) is 17.2. The number of carbonyl (C=O) groups excluding carboxylic acids is 1. The van der Waals surface area contributed by atoms with Crippen LogP contribution in [0.5, 0.6) is 0 Å². The van der Waals surface area contributed by atoms with Gasteiger partial charge in [-0.15, -0.1) is 10.2 Å². The van der Waals surface area contributed by atoms with Crippen LogP contribution in [0.25, 0.3) is 16.8 Å². The van der Waals surface area contributed by atoms with Crippen LogP contribution < -0.4 is 0 Å². The molecule has 1 aromatic carbocycles. The number of benzene rings is 1. The average Bonchev–Trinajstić information content (AvgIpc) is 3.05. The van der Waals surface area contributed by atoms with Crippen LogP contribution in [0.3, 0.4) is 0 Å². The van der Waals surface area contributed by atoms with Gasteiger partial charge in [0, 0.05) is 31.2 Å². The number of carbonyl (C=O) groups is 1. The van der Waals surface area contributed by atoms with E-state index in [0.717, 1.165) is 36.5 Å². The maximum absolute atomic E-state index is 13.0. The van der Waals surface area contributed by atoms with Crippen molar-refractivity contribution in [2.75, 3.05) is 32.7 Å². The molecule has 2 aromatic heterocycles. The molecule has 28 heavy (non-hydrogen) atoms. The molecular weight excluding hydrogens is 376 g/mol. The zero-order chi connectivity index (χ0) is 19.8. The summed E-state index contributed by atoms with van der Waals surface area (Å²) in [6, 6.07) is 7.58. The van der Waals surface area contributed by atoms with Crippen LogP contribution in [0.1, 0.15) is 28.8 Å². The molecule has 7 nitrogen and oxygen atoms in total. The molecule has 0 atom stereocenters. The molecule has 1 saturated heterocycles. The van der Waals surface area contributed by atoms with E-state index in [-0.39, 0.29) is 5.91 Å². The quantitative estimate of drug-likeness (QED) is 0.678. The summed E-state index contributed by atoms with van der Waals surface area (Å²) in [6.45, 7) is 10.1. The number of likely N-dealkylation sites (N-methyl/N-ethyl adjacent to an activating group) is 1. The zero-order valence-corrected chi connectivity index (χ0v) is 17.1. The summed E-state index contributed by atoms with van der Waals surface area (Å²) in [5.41, 5.74) is 4.32. The van der Waals surface area contributed by atoms with Crippen molar-refractivity contribution in [3.8, 4) is 11.1 Å². The van der Waals surface area contributed by atoms with Crippen LogP contribution in [0, 0.1) is 13.8 Å². The number of aryl methyl sites for hydroxylation is 2.